The summed E-state index contributed by atoms with van der Waals surface area (Å²) in [5.41, 5.74) is 6.16. The largest absolute Gasteiger partial charge is 0.494 e. The fourth-order valence-corrected chi connectivity index (χ4v) is 4.16. The van der Waals surface area contributed by atoms with Crippen LogP contribution in [0.4, 0.5) is 19.6 Å². The van der Waals surface area contributed by atoms with Gasteiger partial charge >= 0.3 is 0 Å². The molecule has 1 unspecified atom stereocenters. The van der Waals surface area contributed by atoms with Crippen molar-refractivity contribution >= 4 is 38.3 Å². The summed E-state index contributed by atoms with van der Waals surface area (Å²) in [6.45, 7) is 1.15. The number of para-hydroxylation sites is 1. The molecule has 1 aromatic heterocycles. The van der Waals surface area contributed by atoms with Gasteiger partial charge in [0.2, 0.25) is 0 Å². The lowest BCUT2D eigenvalue weighted by Gasteiger charge is -2.19. The Morgan fingerprint density at radius 3 is 2.75 bits per heavy atom. The molecule has 0 radical (unpaired) electrons. The quantitative estimate of drug-likeness (QED) is 0.697. The van der Waals surface area contributed by atoms with Crippen LogP contribution < -0.4 is 20.7 Å². The van der Waals surface area contributed by atoms with Crippen LogP contribution in [0.15, 0.2) is 30.3 Å². The number of benzene rings is 2. The van der Waals surface area contributed by atoms with Crippen LogP contribution in [0.1, 0.15) is 16.8 Å². The molecule has 2 aromatic carbocycles. The van der Waals surface area contributed by atoms with Crippen molar-refractivity contribution < 1.29 is 18.3 Å². The first-order valence-corrected chi connectivity index (χ1v) is 9.52. The summed E-state index contributed by atoms with van der Waals surface area (Å²) >= 11 is 1.20. The highest BCUT2D eigenvalue weighted by Crippen LogP contribution is 2.33. The second-order valence-corrected chi connectivity index (χ2v) is 7.59. The average molecular weight is 404 g/mol. The normalized spacial score (nSPS) is 16.6. The zero-order chi connectivity index (χ0) is 19.8. The molecule has 1 atom stereocenters. The van der Waals surface area contributed by atoms with Crippen molar-refractivity contribution in [1.29, 1.82) is 0 Å². The fourth-order valence-electron chi connectivity index (χ4n) is 3.28. The van der Waals surface area contributed by atoms with E-state index in [1.54, 1.807) is 17.0 Å². The Labute approximate surface area is 163 Å². The van der Waals surface area contributed by atoms with Gasteiger partial charge < -0.3 is 15.4 Å². The zero-order valence-electron chi connectivity index (χ0n) is 15.0. The van der Waals surface area contributed by atoms with Gasteiger partial charge in [-0.15, -0.1) is 0 Å². The van der Waals surface area contributed by atoms with E-state index in [9.17, 15) is 13.6 Å². The molecule has 0 spiro atoms. The van der Waals surface area contributed by atoms with Gasteiger partial charge in [-0.3, -0.25) is 10.1 Å². The Bertz CT molecular complexity index is 1030. The molecular weight excluding hydrogens is 386 g/mol. The third-order valence-electron chi connectivity index (χ3n) is 4.67. The number of carbonyl (C=O) groups excluding carboxylic acids is 1. The molecule has 1 fully saturated rings. The minimum atomic E-state index is -0.924. The number of nitrogens with two attached hydrogens (primary N) is 1. The van der Waals surface area contributed by atoms with Crippen LogP contribution in [0, 0.1) is 11.6 Å². The molecular formula is C19H18F2N4O2S. The highest BCUT2D eigenvalue weighted by molar-refractivity contribution is 7.22. The van der Waals surface area contributed by atoms with Gasteiger partial charge in [-0.25, -0.2) is 13.8 Å². The van der Waals surface area contributed by atoms with Crippen molar-refractivity contribution in [3.63, 3.8) is 0 Å². The SMILES string of the molecule is COc1cccc2sc(NC(=O)c3c(F)cc(N4CCC(N)C4)cc3F)nc12. The lowest BCUT2D eigenvalue weighted by atomic mass is 10.1. The van der Waals surface area contributed by atoms with Gasteiger partial charge in [0.1, 0.15) is 28.5 Å². The summed E-state index contributed by atoms with van der Waals surface area (Å²) < 4.78 is 35.1. The molecule has 9 heteroatoms. The number of amides is 1. The number of ether oxygens (including phenoxy) is 1. The van der Waals surface area contributed by atoms with Crippen LogP contribution in [-0.4, -0.2) is 37.1 Å². The topological polar surface area (TPSA) is 80.5 Å². The van der Waals surface area contributed by atoms with Gasteiger partial charge in [-0.2, -0.15) is 0 Å². The van der Waals surface area contributed by atoms with E-state index in [-0.39, 0.29) is 11.2 Å². The molecule has 4 rings (SSSR count). The lowest BCUT2D eigenvalue weighted by molar-refractivity contribution is 0.101. The summed E-state index contributed by atoms with van der Waals surface area (Å²) in [4.78, 5) is 18.6. The third kappa shape index (κ3) is 3.38. The van der Waals surface area contributed by atoms with Gasteiger partial charge in [0.15, 0.2) is 5.13 Å². The summed E-state index contributed by atoms with van der Waals surface area (Å²) in [7, 11) is 1.52. The molecule has 0 bridgehead atoms. The van der Waals surface area contributed by atoms with E-state index in [2.05, 4.69) is 10.3 Å². The predicted octanol–water partition coefficient (Wildman–Crippen LogP) is 3.37. The first-order valence-electron chi connectivity index (χ1n) is 8.70. The number of halogens is 2. The van der Waals surface area contributed by atoms with Crippen LogP contribution in [0.2, 0.25) is 0 Å². The number of nitrogens with one attached hydrogen (secondary N) is 1. The monoisotopic (exact) mass is 404 g/mol. The zero-order valence-corrected chi connectivity index (χ0v) is 15.9. The number of aromatic nitrogens is 1. The Balaban J connectivity index is 1.60. The van der Waals surface area contributed by atoms with E-state index >= 15 is 0 Å². The number of fused-ring (bicyclic) bond motifs is 1. The van der Waals surface area contributed by atoms with Gasteiger partial charge in [0, 0.05) is 24.8 Å². The van der Waals surface area contributed by atoms with Gasteiger partial charge in [-0.1, -0.05) is 17.4 Å². The number of thiazole rings is 1. The van der Waals surface area contributed by atoms with Crippen LogP contribution >= 0.6 is 11.3 Å². The van der Waals surface area contributed by atoms with Crippen LogP contribution in [0.25, 0.3) is 10.2 Å². The van der Waals surface area contributed by atoms with Crippen molar-refractivity contribution in [1.82, 2.24) is 4.98 Å². The summed E-state index contributed by atoms with van der Waals surface area (Å²) in [6.07, 6.45) is 0.756. The second kappa shape index (κ2) is 7.33. The Hall–Kier alpha value is -2.78. The van der Waals surface area contributed by atoms with Crippen molar-refractivity contribution in [2.75, 3.05) is 30.4 Å². The van der Waals surface area contributed by atoms with Gasteiger partial charge in [0.25, 0.3) is 5.91 Å². The molecule has 28 heavy (non-hydrogen) atoms. The maximum atomic E-state index is 14.5. The average Bonchev–Trinajstić information content (AvgIpc) is 3.26. The Morgan fingerprint density at radius 1 is 1.36 bits per heavy atom. The number of hydrogen-bond donors (Lipinski definition) is 2. The molecule has 6 nitrogen and oxygen atoms in total. The predicted molar refractivity (Wildman–Crippen MR) is 105 cm³/mol. The van der Waals surface area contributed by atoms with Crippen LogP contribution in [0.3, 0.4) is 0 Å². The molecule has 1 amide bonds. The summed E-state index contributed by atoms with van der Waals surface area (Å²) in [5, 5.41) is 2.71. The van der Waals surface area contributed by atoms with E-state index in [1.807, 2.05) is 6.07 Å². The first kappa shape index (κ1) is 18.6. The molecule has 0 aliphatic carbocycles. The molecule has 1 saturated heterocycles. The molecule has 1 aliphatic rings. The summed E-state index contributed by atoms with van der Waals surface area (Å²) in [6, 6.07) is 7.67. The third-order valence-corrected chi connectivity index (χ3v) is 5.60. The van der Waals surface area contributed by atoms with Crippen LogP contribution in [0.5, 0.6) is 5.75 Å². The molecule has 3 aromatic rings. The number of hydrogen-bond acceptors (Lipinski definition) is 6. The van der Waals surface area contributed by atoms with Crippen molar-refractivity contribution in [2.45, 2.75) is 12.5 Å². The minimum absolute atomic E-state index is 0.0230. The molecule has 3 N–H and O–H groups in total. The van der Waals surface area contributed by atoms with Crippen molar-refractivity contribution in [3.05, 3.63) is 47.5 Å². The smallest absolute Gasteiger partial charge is 0.263 e. The summed E-state index contributed by atoms with van der Waals surface area (Å²) in [5.74, 6) is -2.18. The van der Waals surface area contributed by atoms with Gasteiger partial charge in [-0.05, 0) is 30.7 Å². The number of nitrogens with zero attached hydrogens (tertiary/aromatic N) is 2. The second-order valence-electron chi connectivity index (χ2n) is 6.56. The maximum Gasteiger partial charge on any atom is 0.263 e. The van der Waals surface area contributed by atoms with Crippen molar-refractivity contribution in [3.8, 4) is 5.75 Å². The highest BCUT2D eigenvalue weighted by Gasteiger charge is 2.25. The first-order chi connectivity index (χ1) is 13.5. The number of methoxy groups -OCH3 is 1. The number of carbonyl (C=O) groups is 1. The van der Waals surface area contributed by atoms with Gasteiger partial charge in [0.05, 0.1) is 11.8 Å². The van der Waals surface area contributed by atoms with Crippen LogP contribution in [-0.2, 0) is 0 Å². The van der Waals surface area contributed by atoms with E-state index in [4.69, 9.17) is 10.5 Å². The molecule has 2 heterocycles. The van der Waals surface area contributed by atoms with Crippen molar-refractivity contribution in [2.24, 2.45) is 5.73 Å². The van der Waals surface area contributed by atoms with E-state index in [1.165, 1.54) is 18.4 Å². The molecule has 1 aliphatic heterocycles. The minimum Gasteiger partial charge on any atom is -0.494 e. The lowest BCUT2D eigenvalue weighted by Crippen LogP contribution is -2.26. The number of anilines is 2. The Kier molecular flexibility index (Phi) is 4.86. The van der Waals surface area contributed by atoms with E-state index in [0.717, 1.165) is 23.3 Å². The highest BCUT2D eigenvalue weighted by atomic mass is 32.1. The van der Waals surface area contributed by atoms with E-state index < -0.39 is 23.1 Å². The maximum absolute atomic E-state index is 14.5. The Morgan fingerprint density at radius 2 is 2.11 bits per heavy atom. The molecule has 0 saturated carbocycles. The van der Waals surface area contributed by atoms with E-state index in [0.29, 0.717) is 30.0 Å². The fraction of sp³-hybridized carbons (Fsp3) is 0.263. The standard InChI is InChI=1S/C19H18F2N4O2S/c1-27-14-3-2-4-15-17(14)23-19(28-15)24-18(26)16-12(20)7-11(8-13(16)21)25-6-5-10(22)9-25/h2-4,7-8,10H,5-6,9,22H2,1H3,(H,23,24,26). The molecule has 146 valence electrons. The number of rotatable bonds is 4.